The smallest absolute Gasteiger partial charge is 0.209 e. The zero-order valence-corrected chi connectivity index (χ0v) is 10.1. The van der Waals surface area contributed by atoms with Crippen molar-refractivity contribution in [2.24, 2.45) is 5.14 Å². The first-order valence-corrected chi connectivity index (χ1v) is 7.06. The molecule has 4 nitrogen and oxygen atoms in total. The number of rotatable bonds is 4. The number of sulfonamides is 1. The molecule has 8 heteroatoms. The number of hydrogen-bond donors (Lipinski definition) is 1. The van der Waals surface area contributed by atoms with E-state index in [0.717, 1.165) is 12.1 Å². The van der Waals surface area contributed by atoms with E-state index < -0.39 is 21.7 Å². The van der Waals surface area contributed by atoms with E-state index in [1.165, 1.54) is 0 Å². The molecular formula is C9H8F2N2O2S2. The lowest BCUT2D eigenvalue weighted by molar-refractivity contribution is 0.540. The van der Waals surface area contributed by atoms with Crippen LogP contribution in [0.15, 0.2) is 17.0 Å². The third-order valence-corrected chi connectivity index (χ3v) is 3.86. The van der Waals surface area contributed by atoms with Gasteiger partial charge in [-0.3, -0.25) is 0 Å². The van der Waals surface area contributed by atoms with Gasteiger partial charge in [0.05, 0.1) is 22.3 Å². The third kappa shape index (κ3) is 4.30. The fourth-order valence-electron chi connectivity index (χ4n) is 1.02. The van der Waals surface area contributed by atoms with Gasteiger partial charge in [-0.25, -0.2) is 22.3 Å². The lowest BCUT2D eigenvalue weighted by atomic mass is 10.2. The number of hydrogen-bond acceptors (Lipinski definition) is 4. The molecule has 0 radical (unpaired) electrons. The summed E-state index contributed by atoms with van der Waals surface area (Å²) in [7, 11) is -3.65. The summed E-state index contributed by atoms with van der Waals surface area (Å²) in [5, 5.41) is 13.2. The Morgan fingerprint density at radius 2 is 1.88 bits per heavy atom. The predicted molar refractivity (Wildman–Crippen MR) is 59.8 cm³/mol. The van der Waals surface area contributed by atoms with Gasteiger partial charge in [-0.2, -0.15) is 5.26 Å². The van der Waals surface area contributed by atoms with Crippen LogP contribution < -0.4 is 5.14 Å². The lowest BCUT2D eigenvalue weighted by Gasteiger charge is -2.04. The van der Waals surface area contributed by atoms with Gasteiger partial charge in [-0.05, 0) is 12.1 Å². The maximum absolute atomic E-state index is 13.3. The predicted octanol–water partition coefficient (Wildman–Crippen LogP) is 1.22. The minimum absolute atomic E-state index is 0.0570. The van der Waals surface area contributed by atoms with Crippen LogP contribution in [-0.4, -0.2) is 19.9 Å². The SMILES string of the molecule is N#Cc1cc(F)c(SCCS(N)(=O)=O)c(F)c1. The average molecular weight is 278 g/mol. The monoisotopic (exact) mass is 278 g/mol. The molecule has 0 spiro atoms. The van der Waals surface area contributed by atoms with Gasteiger partial charge in [0.1, 0.15) is 11.6 Å². The van der Waals surface area contributed by atoms with Crippen molar-refractivity contribution in [1.82, 2.24) is 0 Å². The molecule has 0 amide bonds. The molecule has 0 fully saturated rings. The number of thioether (sulfide) groups is 1. The quantitative estimate of drug-likeness (QED) is 0.839. The van der Waals surface area contributed by atoms with Crippen LogP contribution in [0.1, 0.15) is 5.56 Å². The van der Waals surface area contributed by atoms with Crippen LogP contribution in [0.25, 0.3) is 0 Å². The van der Waals surface area contributed by atoms with E-state index in [4.69, 9.17) is 10.4 Å². The van der Waals surface area contributed by atoms with Crippen molar-refractivity contribution in [2.75, 3.05) is 11.5 Å². The van der Waals surface area contributed by atoms with E-state index in [1.54, 1.807) is 6.07 Å². The Kier molecular flexibility index (Phi) is 4.45. The van der Waals surface area contributed by atoms with Gasteiger partial charge in [-0.1, -0.05) is 0 Å². The molecule has 0 heterocycles. The number of nitrogens with zero attached hydrogens (tertiary/aromatic N) is 1. The molecule has 1 aromatic rings. The summed E-state index contributed by atoms with van der Waals surface area (Å²) in [6.07, 6.45) is 0. The summed E-state index contributed by atoms with van der Waals surface area (Å²) in [6, 6.07) is 3.39. The summed E-state index contributed by atoms with van der Waals surface area (Å²) < 4.78 is 47.9. The highest BCUT2D eigenvalue weighted by Gasteiger charge is 2.13. The van der Waals surface area contributed by atoms with Crippen LogP contribution in [0, 0.1) is 23.0 Å². The summed E-state index contributed by atoms with van der Waals surface area (Å²) >= 11 is 0.701. The fourth-order valence-corrected chi connectivity index (χ4v) is 2.88. The highest BCUT2D eigenvalue weighted by molar-refractivity contribution is 8.00. The minimum atomic E-state index is -3.65. The highest BCUT2D eigenvalue weighted by atomic mass is 32.2. The normalized spacial score (nSPS) is 11.2. The van der Waals surface area contributed by atoms with Crippen molar-refractivity contribution in [2.45, 2.75) is 4.90 Å². The van der Waals surface area contributed by atoms with Crippen LogP contribution in [0.4, 0.5) is 8.78 Å². The Morgan fingerprint density at radius 3 is 2.29 bits per heavy atom. The summed E-state index contributed by atoms with van der Waals surface area (Å²) in [5.74, 6) is -2.21. The van der Waals surface area contributed by atoms with Crippen LogP contribution in [0.3, 0.4) is 0 Å². The van der Waals surface area contributed by atoms with Gasteiger partial charge in [0, 0.05) is 5.75 Å². The maximum atomic E-state index is 13.3. The fraction of sp³-hybridized carbons (Fsp3) is 0.222. The first-order chi connectivity index (χ1) is 7.83. The molecule has 2 N–H and O–H groups in total. The van der Waals surface area contributed by atoms with E-state index in [0.29, 0.717) is 11.8 Å². The van der Waals surface area contributed by atoms with Crippen molar-refractivity contribution in [1.29, 1.82) is 5.26 Å². The van der Waals surface area contributed by atoms with Crippen molar-refractivity contribution >= 4 is 21.8 Å². The Balaban J connectivity index is 2.83. The van der Waals surface area contributed by atoms with Gasteiger partial charge < -0.3 is 0 Å². The number of halogens is 2. The molecule has 0 aliphatic rings. The second kappa shape index (κ2) is 5.44. The van der Waals surface area contributed by atoms with Crippen LogP contribution in [0.2, 0.25) is 0 Å². The summed E-state index contributed by atoms with van der Waals surface area (Å²) in [5.41, 5.74) is -0.129. The van der Waals surface area contributed by atoms with Gasteiger partial charge in [0.25, 0.3) is 0 Å². The van der Waals surface area contributed by atoms with E-state index in [2.05, 4.69) is 0 Å². The Bertz CT molecular complexity index is 544. The number of primary sulfonamides is 1. The van der Waals surface area contributed by atoms with Gasteiger partial charge in [0.15, 0.2) is 0 Å². The first kappa shape index (κ1) is 13.9. The standard InChI is InChI=1S/C9H8F2N2O2S2/c10-7-3-6(5-12)4-8(11)9(7)16-1-2-17(13,14)15/h3-4H,1-2H2,(H2,13,14,15). The molecule has 1 aromatic carbocycles. The second-order valence-electron chi connectivity index (χ2n) is 3.10. The van der Waals surface area contributed by atoms with Crippen LogP contribution in [0.5, 0.6) is 0 Å². The Morgan fingerprint density at radius 1 is 1.35 bits per heavy atom. The Labute approximate surface area is 101 Å². The molecule has 0 atom stereocenters. The Hall–Kier alpha value is -1.17. The van der Waals surface area contributed by atoms with E-state index in [9.17, 15) is 17.2 Å². The lowest BCUT2D eigenvalue weighted by Crippen LogP contribution is -2.17. The van der Waals surface area contributed by atoms with Crippen molar-refractivity contribution in [3.63, 3.8) is 0 Å². The molecular weight excluding hydrogens is 270 g/mol. The molecule has 0 aromatic heterocycles. The van der Waals surface area contributed by atoms with Gasteiger partial charge in [-0.15, -0.1) is 11.8 Å². The number of nitrogens with two attached hydrogens (primary N) is 1. The van der Waals surface area contributed by atoms with Crippen LogP contribution in [-0.2, 0) is 10.0 Å². The molecule has 92 valence electrons. The van der Waals surface area contributed by atoms with Crippen LogP contribution >= 0.6 is 11.8 Å². The zero-order valence-electron chi connectivity index (χ0n) is 8.48. The molecule has 0 aliphatic carbocycles. The van der Waals surface area contributed by atoms with Gasteiger partial charge >= 0.3 is 0 Å². The highest BCUT2D eigenvalue weighted by Crippen LogP contribution is 2.26. The third-order valence-electron chi connectivity index (χ3n) is 1.74. The maximum Gasteiger partial charge on any atom is 0.209 e. The average Bonchev–Trinajstić information content (AvgIpc) is 2.20. The molecule has 0 aliphatic heterocycles. The van der Waals surface area contributed by atoms with Crippen molar-refractivity contribution in [3.8, 4) is 6.07 Å². The van der Waals surface area contributed by atoms with E-state index in [-0.39, 0.29) is 22.0 Å². The summed E-state index contributed by atoms with van der Waals surface area (Å²) in [4.78, 5) is -0.312. The molecule has 0 saturated carbocycles. The molecule has 17 heavy (non-hydrogen) atoms. The number of nitriles is 1. The zero-order chi connectivity index (χ0) is 13.1. The number of benzene rings is 1. The first-order valence-electron chi connectivity index (χ1n) is 4.36. The minimum Gasteiger partial charge on any atom is -0.229 e. The molecule has 0 bridgehead atoms. The van der Waals surface area contributed by atoms with E-state index in [1.807, 2.05) is 0 Å². The second-order valence-corrected chi connectivity index (χ2v) is 5.94. The van der Waals surface area contributed by atoms with Crippen molar-refractivity contribution in [3.05, 3.63) is 29.3 Å². The van der Waals surface area contributed by atoms with Crippen molar-refractivity contribution < 1.29 is 17.2 Å². The molecule has 1 rings (SSSR count). The molecule has 0 saturated heterocycles. The topological polar surface area (TPSA) is 83.9 Å². The largest absolute Gasteiger partial charge is 0.229 e. The summed E-state index contributed by atoms with van der Waals surface area (Å²) in [6.45, 7) is 0. The molecule has 0 unspecified atom stereocenters. The van der Waals surface area contributed by atoms with Gasteiger partial charge in [0.2, 0.25) is 10.0 Å². The van der Waals surface area contributed by atoms with E-state index >= 15 is 0 Å².